The minimum atomic E-state index is -4.42. The van der Waals surface area contributed by atoms with Crippen LogP contribution in [-0.4, -0.2) is 12.5 Å². The van der Waals surface area contributed by atoms with E-state index in [9.17, 15) is 22.4 Å². The first-order valence-corrected chi connectivity index (χ1v) is 7.29. The van der Waals surface area contributed by atoms with Crippen LogP contribution in [0, 0.1) is 5.82 Å². The van der Waals surface area contributed by atoms with Gasteiger partial charge in [-0.25, -0.2) is 4.39 Å². The van der Waals surface area contributed by atoms with Crippen LogP contribution >= 0.6 is 11.6 Å². The number of hydrogen-bond acceptors (Lipinski definition) is 2. The first-order valence-electron chi connectivity index (χ1n) is 6.92. The number of carbonyl (C=O) groups is 1. The first kappa shape index (κ1) is 18.1. The van der Waals surface area contributed by atoms with Gasteiger partial charge in [-0.15, -0.1) is 0 Å². The number of amides is 1. The van der Waals surface area contributed by atoms with Crippen LogP contribution in [0.3, 0.4) is 0 Å². The number of hydrogen-bond donors (Lipinski definition) is 2. The fourth-order valence-electron chi connectivity index (χ4n) is 1.92. The summed E-state index contributed by atoms with van der Waals surface area (Å²) in [7, 11) is 0. The zero-order valence-corrected chi connectivity index (χ0v) is 13.0. The van der Waals surface area contributed by atoms with E-state index in [4.69, 9.17) is 11.6 Å². The Hall–Kier alpha value is -2.28. The van der Waals surface area contributed by atoms with Gasteiger partial charge in [0.25, 0.3) is 0 Å². The summed E-state index contributed by atoms with van der Waals surface area (Å²) in [5.74, 6) is -0.974. The van der Waals surface area contributed by atoms with Gasteiger partial charge in [0.2, 0.25) is 5.91 Å². The Morgan fingerprint density at radius 2 is 1.83 bits per heavy atom. The van der Waals surface area contributed by atoms with Gasteiger partial charge < -0.3 is 10.6 Å². The van der Waals surface area contributed by atoms with Crippen LogP contribution in [0.2, 0.25) is 5.02 Å². The van der Waals surface area contributed by atoms with Crippen LogP contribution in [0.5, 0.6) is 0 Å². The summed E-state index contributed by atoms with van der Waals surface area (Å²) >= 11 is 5.60. The molecule has 0 aliphatic rings. The average molecular weight is 361 g/mol. The van der Waals surface area contributed by atoms with Gasteiger partial charge in [-0.1, -0.05) is 17.7 Å². The molecule has 128 valence electrons. The molecule has 0 unspecified atom stereocenters. The maximum atomic E-state index is 13.0. The summed E-state index contributed by atoms with van der Waals surface area (Å²) in [4.78, 5) is 11.8. The second-order valence-electron chi connectivity index (χ2n) is 4.93. The van der Waals surface area contributed by atoms with E-state index in [0.29, 0.717) is 5.69 Å². The number of benzene rings is 2. The van der Waals surface area contributed by atoms with Crippen LogP contribution in [0.15, 0.2) is 42.5 Å². The maximum absolute atomic E-state index is 13.0. The van der Waals surface area contributed by atoms with Crippen molar-refractivity contribution in [2.45, 2.75) is 12.6 Å². The van der Waals surface area contributed by atoms with Crippen molar-refractivity contribution in [3.05, 3.63) is 58.9 Å². The predicted molar refractivity (Wildman–Crippen MR) is 84.6 cm³/mol. The normalized spacial score (nSPS) is 11.2. The first-order chi connectivity index (χ1) is 11.3. The Bertz CT molecular complexity index is 734. The Morgan fingerprint density at radius 1 is 1.08 bits per heavy atom. The highest BCUT2D eigenvalue weighted by Gasteiger charge is 2.30. The highest BCUT2D eigenvalue weighted by atomic mass is 35.5. The maximum Gasteiger partial charge on any atom is 0.416 e. The molecule has 0 radical (unpaired) electrons. The van der Waals surface area contributed by atoms with Crippen molar-refractivity contribution in [1.29, 1.82) is 0 Å². The monoisotopic (exact) mass is 360 g/mol. The quantitative estimate of drug-likeness (QED) is 0.742. The van der Waals surface area contributed by atoms with E-state index in [-0.39, 0.29) is 29.6 Å². The van der Waals surface area contributed by atoms with Crippen molar-refractivity contribution in [2.24, 2.45) is 0 Å². The van der Waals surface area contributed by atoms with E-state index in [1.54, 1.807) is 0 Å². The molecule has 8 heteroatoms. The van der Waals surface area contributed by atoms with Crippen LogP contribution in [0.25, 0.3) is 0 Å². The minimum Gasteiger partial charge on any atom is -0.385 e. The lowest BCUT2D eigenvalue weighted by Gasteiger charge is -2.11. The lowest BCUT2D eigenvalue weighted by atomic mass is 10.2. The molecule has 2 aromatic carbocycles. The van der Waals surface area contributed by atoms with E-state index >= 15 is 0 Å². The molecule has 2 aromatic rings. The Labute approximate surface area is 140 Å². The summed E-state index contributed by atoms with van der Waals surface area (Å²) in [6.45, 7) is 0.141. The molecule has 0 atom stereocenters. The molecule has 0 saturated heterocycles. The average Bonchev–Trinajstić information content (AvgIpc) is 2.50. The van der Waals surface area contributed by atoms with Crippen LogP contribution in [0.1, 0.15) is 12.0 Å². The topological polar surface area (TPSA) is 41.1 Å². The number of halogens is 5. The molecular weight excluding hydrogens is 348 g/mol. The molecule has 0 saturated carbocycles. The van der Waals surface area contributed by atoms with E-state index in [0.717, 1.165) is 18.2 Å². The molecule has 0 bridgehead atoms. The molecule has 1 amide bonds. The Morgan fingerprint density at radius 3 is 2.50 bits per heavy atom. The molecule has 0 heterocycles. The van der Waals surface area contributed by atoms with Gasteiger partial charge in [0.05, 0.1) is 10.6 Å². The third kappa shape index (κ3) is 5.13. The lowest BCUT2D eigenvalue weighted by Crippen LogP contribution is -2.16. The largest absolute Gasteiger partial charge is 0.416 e. The second kappa shape index (κ2) is 7.53. The van der Waals surface area contributed by atoms with Gasteiger partial charge in [-0.3, -0.25) is 4.79 Å². The molecular formula is C16H13ClF4N2O. The van der Waals surface area contributed by atoms with Crippen molar-refractivity contribution < 1.29 is 22.4 Å². The number of alkyl halides is 3. The van der Waals surface area contributed by atoms with Crippen molar-refractivity contribution in [1.82, 2.24) is 0 Å². The molecule has 0 aliphatic heterocycles. The van der Waals surface area contributed by atoms with Gasteiger partial charge in [-0.2, -0.15) is 13.2 Å². The molecule has 3 nitrogen and oxygen atoms in total. The highest BCUT2D eigenvalue weighted by Crippen LogP contribution is 2.30. The van der Waals surface area contributed by atoms with Gasteiger partial charge in [0.1, 0.15) is 5.82 Å². The number of rotatable bonds is 5. The van der Waals surface area contributed by atoms with Gasteiger partial charge >= 0.3 is 6.18 Å². The molecule has 0 fully saturated rings. The molecule has 2 rings (SSSR count). The van der Waals surface area contributed by atoms with Crippen LogP contribution in [0.4, 0.5) is 28.9 Å². The molecule has 24 heavy (non-hydrogen) atoms. The predicted octanol–water partition coefficient (Wildman–Crippen LogP) is 4.94. The summed E-state index contributed by atoms with van der Waals surface area (Å²) in [5, 5.41) is 5.15. The Kier molecular flexibility index (Phi) is 5.66. The smallest absolute Gasteiger partial charge is 0.385 e. The van der Waals surface area contributed by atoms with Gasteiger partial charge in [0.15, 0.2) is 0 Å². The lowest BCUT2D eigenvalue weighted by molar-refractivity contribution is -0.137. The molecule has 0 spiro atoms. The van der Waals surface area contributed by atoms with Crippen molar-refractivity contribution in [3.63, 3.8) is 0 Å². The third-order valence-electron chi connectivity index (χ3n) is 3.07. The molecule has 0 aliphatic carbocycles. The second-order valence-corrected chi connectivity index (χ2v) is 5.34. The van der Waals surface area contributed by atoms with Crippen molar-refractivity contribution in [2.75, 3.05) is 17.2 Å². The van der Waals surface area contributed by atoms with Crippen molar-refractivity contribution in [3.8, 4) is 0 Å². The fourth-order valence-corrected chi connectivity index (χ4v) is 2.10. The standard InChI is InChI=1S/C16H13ClF4N2O/c17-13-9-12(4-5-14(13)18)23-15(24)6-7-22-11-3-1-2-10(8-11)16(19,20)21/h1-5,8-9,22H,6-7H2,(H,23,24). The Balaban J connectivity index is 1.85. The van der Waals surface area contributed by atoms with Gasteiger partial charge in [0, 0.05) is 24.3 Å². The minimum absolute atomic E-state index is 0.0191. The molecule has 2 N–H and O–H groups in total. The van der Waals surface area contributed by atoms with Crippen LogP contribution in [-0.2, 0) is 11.0 Å². The third-order valence-corrected chi connectivity index (χ3v) is 3.36. The van der Waals surface area contributed by atoms with E-state index in [1.165, 1.54) is 24.3 Å². The summed E-state index contributed by atoms with van der Waals surface area (Å²) in [6, 6.07) is 8.46. The van der Waals surface area contributed by atoms with E-state index in [1.807, 2.05) is 0 Å². The summed E-state index contributed by atoms with van der Waals surface area (Å²) in [6.07, 6.45) is -4.40. The number of nitrogens with one attached hydrogen (secondary N) is 2. The zero-order valence-electron chi connectivity index (χ0n) is 12.3. The van der Waals surface area contributed by atoms with Crippen LogP contribution < -0.4 is 10.6 Å². The number of anilines is 2. The number of carbonyl (C=O) groups excluding carboxylic acids is 1. The summed E-state index contributed by atoms with van der Waals surface area (Å²) in [5.41, 5.74) is -0.161. The molecule has 0 aromatic heterocycles. The highest BCUT2D eigenvalue weighted by molar-refractivity contribution is 6.31. The van der Waals surface area contributed by atoms with Crippen molar-refractivity contribution >= 4 is 28.9 Å². The zero-order chi connectivity index (χ0) is 17.7. The SMILES string of the molecule is O=C(CCNc1cccc(C(F)(F)F)c1)Nc1ccc(F)c(Cl)c1. The fraction of sp³-hybridized carbons (Fsp3) is 0.188. The summed E-state index contributed by atoms with van der Waals surface area (Å²) < 4.78 is 50.8. The van der Waals surface area contributed by atoms with E-state index < -0.39 is 17.6 Å². The van der Waals surface area contributed by atoms with Gasteiger partial charge in [-0.05, 0) is 36.4 Å². The van der Waals surface area contributed by atoms with E-state index in [2.05, 4.69) is 10.6 Å².